The lowest BCUT2D eigenvalue weighted by atomic mass is 10.1. The molecule has 2 atom stereocenters. The van der Waals surface area contributed by atoms with Gasteiger partial charge in [-0.3, -0.25) is 55.4 Å². The Hall–Kier alpha value is -6.62. The Labute approximate surface area is 252 Å². The molecule has 4 rings (SSSR count). The standard InChI is InChI=1S/C28H21N7O10/c36-27(19-5-13-23(14-6-19)34(42)43)30-25(17-1-9-21(10-2-17)32(38)39)29-26(18-3-11-22(12-4-18)33(40)41)31-28(37)20-7-15-24(16-8-20)35(44)45/h1-16,25-26,29H,(H,30,36)(H,31,37)/t25-,26-/m0/s1. The molecule has 0 saturated carbocycles. The average molecular weight is 616 g/mol. The van der Waals surface area contributed by atoms with Crippen molar-refractivity contribution in [3.63, 3.8) is 0 Å². The monoisotopic (exact) mass is 615 g/mol. The molecule has 0 heterocycles. The summed E-state index contributed by atoms with van der Waals surface area (Å²) in [6.07, 6.45) is -2.32. The molecule has 17 heteroatoms. The van der Waals surface area contributed by atoms with Gasteiger partial charge in [-0.25, -0.2) is 0 Å². The maximum atomic E-state index is 13.2. The van der Waals surface area contributed by atoms with E-state index < -0.39 is 43.8 Å². The Balaban J connectivity index is 1.70. The molecular weight excluding hydrogens is 594 g/mol. The van der Waals surface area contributed by atoms with E-state index in [1.54, 1.807) is 0 Å². The van der Waals surface area contributed by atoms with E-state index in [2.05, 4.69) is 16.0 Å². The third kappa shape index (κ3) is 7.81. The van der Waals surface area contributed by atoms with Crippen molar-refractivity contribution in [1.82, 2.24) is 16.0 Å². The summed E-state index contributed by atoms with van der Waals surface area (Å²) >= 11 is 0. The van der Waals surface area contributed by atoms with Gasteiger partial charge in [-0.05, 0) is 59.7 Å². The van der Waals surface area contributed by atoms with Gasteiger partial charge in [0.15, 0.2) is 0 Å². The summed E-state index contributed by atoms with van der Waals surface area (Å²) < 4.78 is 0. The molecule has 0 aliphatic carbocycles. The molecule has 0 spiro atoms. The molecule has 0 radical (unpaired) electrons. The van der Waals surface area contributed by atoms with Crippen molar-refractivity contribution >= 4 is 34.6 Å². The Morgan fingerprint density at radius 2 is 0.689 bits per heavy atom. The fraction of sp³-hybridized carbons (Fsp3) is 0.0714. The van der Waals surface area contributed by atoms with Gasteiger partial charge in [0, 0.05) is 59.7 Å². The quantitative estimate of drug-likeness (QED) is 0.114. The summed E-state index contributed by atoms with van der Waals surface area (Å²) in [4.78, 5) is 68.4. The number of nitro groups is 4. The summed E-state index contributed by atoms with van der Waals surface area (Å²) in [5.41, 5.74) is -0.297. The number of carbonyl (C=O) groups is 2. The molecule has 0 unspecified atom stereocenters. The summed E-state index contributed by atoms with van der Waals surface area (Å²) in [5, 5.41) is 52.9. The highest BCUT2D eigenvalue weighted by molar-refractivity contribution is 5.95. The van der Waals surface area contributed by atoms with Crippen LogP contribution in [0.4, 0.5) is 22.7 Å². The third-order valence-electron chi connectivity index (χ3n) is 6.44. The van der Waals surface area contributed by atoms with Crippen molar-refractivity contribution in [2.45, 2.75) is 12.3 Å². The summed E-state index contributed by atoms with van der Waals surface area (Å²) in [6.45, 7) is 0. The van der Waals surface area contributed by atoms with Crippen LogP contribution < -0.4 is 16.0 Å². The SMILES string of the molecule is O=C(N[C@H](N[C@@H](NC(=O)c1ccc([N+](=O)[O-])cc1)c1ccc([N+](=O)[O-])cc1)c1ccc([N+](=O)[O-])cc1)c1ccc([N+](=O)[O-])cc1. The molecule has 4 aromatic rings. The number of rotatable bonds is 12. The van der Waals surface area contributed by atoms with Crippen molar-refractivity contribution in [2.24, 2.45) is 0 Å². The molecule has 2 amide bonds. The molecule has 0 fully saturated rings. The number of carbonyl (C=O) groups excluding carboxylic acids is 2. The second kappa shape index (κ2) is 13.6. The van der Waals surface area contributed by atoms with E-state index in [1.165, 1.54) is 72.8 Å². The molecule has 4 aromatic carbocycles. The first kappa shape index (κ1) is 31.3. The lowest BCUT2D eigenvalue weighted by Crippen LogP contribution is -2.45. The zero-order valence-electron chi connectivity index (χ0n) is 22.8. The van der Waals surface area contributed by atoms with Crippen molar-refractivity contribution in [2.75, 3.05) is 0 Å². The number of non-ortho nitro benzene ring substituents is 4. The Morgan fingerprint density at radius 3 is 0.933 bits per heavy atom. The van der Waals surface area contributed by atoms with Gasteiger partial charge < -0.3 is 10.6 Å². The fourth-order valence-corrected chi connectivity index (χ4v) is 4.08. The molecule has 17 nitrogen and oxygen atoms in total. The van der Waals surface area contributed by atoms with Crippen LogP contribution >= 0.6 is 0 Å². The van der Waals surface area contributed by atoms with Crippen LogP contribution in [0.1, 0.15) is 44.2 Å². The summed E-state index contributed by atoms with van der Waals surface area (Å²) in [7, 11) is 0. The molecule has 0 aromatic heterocycles. The van der Waals surface area contributed by atoms with Crippen LogP contribution in [0.2, 0.25) is 0 Å². The van der Waals surface area contributed by atoms with E-state index in [0.717, 1.165) is 24.3 Å². The number of benzene rings is 4. The topological polar surface area (TPSA) is 243 Å². The van der Waals surface area contributed by atoms with Gasteiger partial charge in [-0.15, -0.1) is 0 Å². The van der Waals surface area contributed by atoms with E-state index in [-0.39, 0.29) is 33.9 Å². The number of hydrogen-bond acceptors (Lipinski definition) is 11. The zero-order chi connectivity index (χ0) is 32.7. The first-order valence-corrected chi connectivity index (χ1v) is 12.8. The van der Waals surface area contributed by atoms with Crippen LogP contribution in [0.25, 0.3) is 0 Å². The zero-order valence-corrected chi connectivity index (χ0v) is 22.8. The van der Waals surface area contributed by atoms with Gasteiger partial charge >= 0.3 is 0 Å². The lowest BCUT2D eigenvalue weighted by Gasteiger charge is -2.28. The largest absolute Gasteiger partial charge is 0.333 e. The van der Waals surface area contributed by atoms with Crippen LogP contribution in [-0.2, 0) is 0 Å². The normalized spacial score (nSPS) is 11.9. The number of nitrogens with zero attached hydrogens (tertiary/aromatic N) is 4. The van der Waals surface area contributed by atoms with Crippen molar-refractivity contribution in [3.8, 4) is 0 Å². The minimum absolute atomic E-state index is 0.0381. The number of nitro benzene ring substituents is 4. The van der Waals surface area contributed by atoms with E-state index >= 15 is 0 Å². The summed E-state index contributed by atoms with van der Waals surface area (Å²) in [5.74, 6) is -1.41. The predicted molar refractivity (Wildman–Crippen MR) is 156 cm³/mol. The minimum atomic E-state index is -1.16. The Bertz CT molecular complexity index is 1630. The highest BCUT2D eigenvalue weighted by Crippen LogP contribution is 2.23. The first-order chi connectivity index (χ1) is 21.4. The molecule has 0 bridgehead atoms. The molecule has 228 valence electrons. The van der Waals surface area contributed by atoms with E-state index in [1.807, 2.05) is 0 Å². The van der Waals surface area contributed by atoms with Gasteiger partial charge in [0.2, 0.25) is 0 Å². The number of hydrogen-bond donors (Lipinski definition) is 3. The fourth-order valence-electron chi connectivity index (χ4n) is 4.08. The number of amides is 2. The molecule has 0 saturated heterocycles. The lowest BCUT2D eigenvalue weighted by molar-refractivity contribution is -0.385. The summed E-state index contributed by atoms with van der Waals surface area (Å²) in [6, 6.07) is 19.6. The van der Waals surface area contributed by atoms with Crippen LogP contribution in [0, 0.1) is 40.5 Å². The average Bonchev–Trinajstić information content (AvgIpc) is 3.04. The van der Waals surface area contributed by atoms with Gasteiger partial charge in [0.25, 0.3) is 34.6 Å². The maximum absolute atomic E-state index is 13.2. The van der Waals surface area contributed by atoms with E-state index in [4.69, 9.17) is 0 Å². The minimum Gasteiger partial charge on any atom is -0.333 e. The van der Waals surface area contributed by atoms with Crippen LogP contribution in [0.5, 0.6) is 0 Å². The van der Waals surface area contributed by atoms with Gasteiger partial charge in [-0.2, -0.15) is 0 Å². The second-order valence-corrected chi connectivity index (χ2v) is 9.28. The van der Waals surface area contributed by atoms with Gasteiger partial charge in [0.05, 0.1) is 19.7 Å². The van der Waals surface area contributed by atoms with Gasteiger partial charge in [-0.1, -0.05) is 0 Å². The van der Waals surface area contributed by atoms with Crippen LogP contribution in [0.15, 0.2) is 97.1 Å². The van der Waals surface area contributed by atoms with Gasteiger partial charge in [0.1, 0.15) is 12.3 Å². The molecular formula is C28H21N7O10. The van der Waals surface area contributed by atoms with Crippen molar-refractivity contribution in [3.05, 3.63) is 160 Å². The Morgan fingerprint density at radius 1 is 0.444 bits per heavy atom. The third-order valence-corrected chi connectivity index (χ3v) is 6.44. The predicted octanol–water partition coefficient (Wildman–Crippen LogP) is 4.47. The van der Waals surface area contributed by atoms with Crippen LogP contribution in [-0.4, -0.2) is 31.5 Å². The number of nitrogens with one attached hydrogen (secondary N) is 3. The highest BCUT2D eigenvalue weighted by atomic mass is 16.6. The van der Waals surface area contributed by atoms with E-state index in [9.17, 15) is 50.0 Å². The highest BCUT2D eigenvalue weighted by Gasteiger charge is 2.25. The van der Waals surface area contributed by atoms with Crippen molar-refractivity contribution < 1.29 is 29.3 Å². The van der Waals surface area contributed by atoms with Crippen molar-refractivity contribution in [1.29, 1.82) is 0 Å². The molecule has 3 N–H and O–H groups in total. The maximum Gasteiger partial charge on any atom is 0.269 e. The second-order valence-electron chi connectivity index (χ2n) is 9.28. The first-order valence-electron chi connectivity index (χ1n) is 12.8. The smallest absolute Gasteiger partial charge is 0.269 e. The Kier molecular flexibility index (Phi) is 9.44. The molecule has 45 heavy (non-hydrogen) atoms. The molecule has 0 aliphatic rings. The molecule has 0 aliphatic heterocycles. The van der Waals surface area contributed by atoms with Crippen LogP contribution in [0.3, 0.4) is 0 Å². The van der Waals surface area contributed by atoms with E-state index in [0.29, 0.717) is 11.1 Å².